The van der Waals surface area contributed by atoms with Crippen LogP contribution in [0.1, 0.15) is 12.8 Å². The summed E-state index contributed by atoms with van der Waals surface area (Å²) in [7, 11) is 0. The molecule has 0 aromatic rings. The summed E-state index contributed by atoms with van der Waals surface area (Å²) in [6, 6.07) is 0. The van der Waals surface area contributed by atoms with E-state index in [1.165, 1.54) is 12.8 Å². The quantitative estimate of drug-likeness (QED) is 0.639. The maximum Gasteiger partial charge on any atom is 0.145 e. The third kappa shape index (κ3) is 0.396. The standard InChI is InChI=1S/C20H16O2/c21-15-13-14-16(22)20-10-4-3-9(10)19(15,20)11-6-12(20)18(14)8-2-1-7(5-8)17(11,13)18/h1-4,7-14H,5-6H2/t7-,8+,9+,10-,11+,12-,13+,14-,17-,18+,19+,20-. The van der Waals surface area contributed by atoms with Crippen molar-refractivity contribution in [2.24, 2.45) is 69.0 Å². The van der Waals surface area contributed by atoms with E-state index in [0.717, 1.165) is 0 Å². The monoisotopic (exact) mass is 288 g/mol. The zero-order chi connectivity index (χ0) is 14.0. The highest BCUT2D eigenvalue weighted by molar-refractivity contribution is 6.16. The molecule has 7 saturated carbocycles. The Labute approximate surface area is 128 Å². The van der Waals surface area contributed by atoms with Gasteiger partial charge >= 0.3 is 0 Å². The van der Waals surface area contributed by atoms with E-state index in [2.05, 4.69) is 24.3 Å². The Kier molecular flexibility index (Phi) is 0.908. The lowest BCUT2D eigenvalue weighted by Crippen LogP contribution is -2.74. The molecular weight excluding hydrogens is 272 g/mol. The number of allylic oxidation sites excluding steroid dienone is 4. The number of Topliss-reactive ketones (excluding diaryl/α,β-unsaturated/α-hetero) is 2. The Bertz CT molecular complexity index is 814. The Morgan fingerprint density at radius 3 is 1.68 bits per heavy atom. The molecule has 0 amide bonds. The van der Waals surface area contributed by atoms with Gasteiger partial charge in [0.1, 0.15) is 11.6 Å². The van der Waals surface area contributed by atoms with Crippen molar-refractivity contribution in [3.63, 3.8) is 0 Å². The third-order valence-electron chi connectivity index (χ3n) is 11.2. The van der Waals surface area contributed by atoms with Crippen LogP contribution in [0.2, 0.25) is 0 Å². The average Bonchev–Trinajstić information content (AvgIpc) is 3.13. The van der Waals surface area contributed by atoms with Crippen LogP contribution in [0.5, 0.6) is 0 Å². The molecule has 7 fully saturated rings. The molecule has 12 atom stereocenters. The number of rotatable bonds is 0. The van der Waals surface area contributed by atoms with Gasteiger partial charge in [0, 0.05) is 11.8 Å². The Hall–Kier alpha value is -1.18. The van der Waals surface area contributed by atoms with Crippen molar-refractivity contribution in [3.8, 4) is 0 Å². The van der Waals surface area contributed by atoms with Crippen LogP contribution in [0.15, 0.2) is 24.3 Å². The van der Waals surface area contributed by atoms with Crippen LogP contribution in [0, 0.1) is 69.0 Å². The first-order chi connectivity index (χ1) is 10.7. The molecule has 4 bridgehead atoms. The largest absolute Gasteiger partial charge is 0.299 e. The molecule has 0 saturated heterocycles. The van der Waals surface area contributed by atoms with Crippen molar-refractivity contribution in [2.45, 2.75) is 12.8 Å². The van der Waals surface area contributed by atoms with E-state index >= 15 is 0 Å². The topological polar surface area (TPSA) is 34.1 Å². The number of carbonyl (C=O) groups excluding carboxylic acids is 2. The van der Waals surface area contributed by atoms with Gasteiger partial charge in [0.05, 0.1) is 10.8 Å². The highest BCUT2D eigenvalue weighted by Gasteiger charge is 3.11. The Balaban J connectivity index is 1.55. The minimum absolute atomic E-state index is 0.139. The number of hydrogen-bond donors (Lipinski definition) is 0. The van der Waals surface area contributed by atoms with Crippen LogP contribution in [-0.4, -0.2) is 11.6 Å². The summed E-state index contributed by atoms with van der Waals surface area (Å²) in [5.74, 6) is 4.71. The maximum atomic E-state index is 13.6. The van der Waals surface area contributed by atoms with E-state index < -0.39 is 0 Å². The van der Waals surface area contributed by atoms with Crippen molar-refractivity contribution < 1.29 is 9.59 Å². The molecule has 0 heterocycles. The van der Waals surface area contributed by atoms with Crippen molar-refractivity contribution >= 4 is 11.6 Å². The average molecular weight is 288 g/mol. The molecule has 2 nitrogen and oxygen atoms in total. The maximum absolute atomic E-state index is 13.6. The van der Waals surface area contributed by atoms with Crippen LogP contribution in [0.4, 0.5) is 0 Å². The summed E-state index contributed by atoms with van der Waals surface area (Å²) in [6.07, 6.45) is 12.0. The molecule has 9 rings (SSSR count). The summed E-state index contributed by atoms with van der Waals surface area (Å²) in [5.41, 5.74) is 0.104. The molecule has 108 valence electrons. The van der Waals surface area contributed by atoms with Gasteiger partial charge < -0.3 is 0 Å². The Morgan fingerprint density at radius 2 is 1.23 bits per heavy atom. The fourth-order valence-electron chi connectivity index (χ4n) is 11.8. The number of fused-ring (bicyclic) bond motifs is 4. The molecule has 2 heteroatoms. The third-order valence-corrected chi connectivity index (χ3v) is 11.2. The fraction of sp³-hybridized carbons (Fsp3) is 0.700. The first kappa shape index (κ1) is 9.85. The zero-order valence-electron chi connectivity index (χ0n) is 12.2. The number of ketones is 2. The van der Waals surface area contributed by atoms with Gasteiger partial charge in [0.2, 0.25) is 0 Å². The van der Waals surface area contributed by atoms with Gasteiger partial charge in [-0.1, -0.05) is 24.3 Å². The Morgan fingerprint density at radius 1 is 0.727 bits per heavy atom. The van der Waals surface area contributed by atoms with Gasteiger partial charge in [-0.3, -0.25) is 9.59 Å². The summed E-state index contributed by atoms with van der Waals surface area (Å²) < 4.78 is 0. The first-order valence-corrected chi connectivity index (χ1v) is 9.17. The van der Waals surface area contributed by atoms with Crippen LogP contribution >= 0.6 is 0 Å². The molecule has 0 N–H and O–H groups in total. The zero-order valence-corrected chi connectivity index (χ0v) is 12.2. The smallest absolute Gasteiger partial charge is 0.145 e. The van der Waals surface area contributed by atoms with Gasteiger partial charge in [0.25, 0.3) is 0 Å². The molecule has 0 radical (unpaired) electrons. The number of hydrogen-bond acceptors (Lipinski definition) is 2. The van der Waals surface area contributed by atoms with Crippen molar-refractivity contribution in [2.75, 3.05) is 0 Å². The summed E-state index contributed by atoms with van der Waals surface area (Å²) >= 11 is 0. The van der Waals surface area contributed by atoms with Gasteiger partial charge in [-0.2, -0.15) is 0 Å². The van der Waals surface area contributed by atoms with E-state index in [4.69, 9.17) is 0 Å². The van der Waals surface area contributed by atoms with Crippen molar-refractivity contribution in [3.05, 3.63) is 24.3 Å². The normalized spacial score (nSPS) is 82.7. The summed E-state index contributed by atoms with van der Waals surface area (Å²) in [5, 5.41) is 0. The van der Waals surface area contributed by atoms with E-state index in [9.17, 15) is 9.59 Å². The molecule has 4 spiro atoms. The van der Waals surface area contributed by atoms with Crippen LogP contribution in [-0.2, 0) is 9.59 Å². The molecular formula is C20H16O2. The number of carbonyl (C=O) groups is 2. The molecule has 0 aliphatic heterocycles. The SMILES string of the molecule is O=C1[C@@H]2[C@@H]3C(=O)[C@]45[C@@H]6C=C[C@@H]6[C@]14[C@H]1C[C@@H]5[C@@]34[C@H]3C=C[C@H](C3)[C@]214. The van der Waals surface area contributed by atoms with Crippen molar-refractivity contribution in [1.82, 2.24) is 0 Å². The lowest BCUT2D eigenvalue weighted by Gasteiger charge is -2.71. The first-order valence-electron chi connectivity index (χ1n) is 9.17. The van der Waals surface area contributed by atoms with Crippen LogP contribution < -0.4 is 0 Å². The minimum atomic E-state index is -0.201. The molecule has 0 aromatic heterocycles. The predicted molar refractivity (Wildman–Crippen MR) is 75.2 cm³/mol. The second-order valence-electron chi connectivity index (χ2n) is 9.90. The molecule has 0 aromatic carbocycles. The van der Waals surface area contributed by atoms with E-state index in [0.29, 0.717) is 47.1 Å². The van der Waals surface area contributed by atoms with E-state index in [1.807, 2.05) is 0 Å². The van der Waals surface area contributed by atoms with Gasteiger partial charge in [-0.25, -0.2) is 0 Å². The second kappa shape index (κ2) is 2.03. The van der Waals surface area contributed by atoms with Crippen molar-refractivity contribution in [1.29, 1.82) is 0 Å². The molecule has 22 heavy (non-hydrogen) atoms. The fourth-order valence-corrected chi connectivity index (χ4v) is 11.8. The highest BCUT2D eigenvalue weighted by atomic mass is 16.2. The van der Waals surface area contributed by atoms with Crippen LogP contribution in [0.25, 0.3) is 0 Å². The molecule has 9 aliphatic carbocycles. The lowest BCUT2D eigenvalue weighted by atomic mass is 9.29. The highest BCUT2D eigenvalue weighted by Crippen LogP contribution is 3.08. The minimum Gasteiger partial charge on any atom is -0.299 e. The predicted octanol–water partition coefficient (Wildman–Crippen LogP) is 2.01. The van der Waals surface area contributed by atoms with E-state index in [-0.39, 0.29) is 33.5 Å². The van der Waals surface area contributed by atoms with Gasteiger partial charge in [-0.05, 0) is 59.2 Å². The summed E-state index contributed by atoms with van der Waals surface area (Å²) in [4.78, 5) is 27.2. The van der Waals surface area contributed by atoms with Crippen LogP contribution in [0.3, 0.4) is 0 Å². The molecule has 9 aliphatic rings. The van der Waals surface area contributed by atoms with Gasteiger partial charge in [-0.15, -0.1) is 0 Å². The second-order valence-corrected chi connectivity index (χ2v) is 9.90. The molecule has 0 unspecified atom stereocenters. The van der Waals surface area contributed by atoms with Gasteiger partial charge in [0.15, 0.2) is 0 Å². The lowest BCUT2D eigenvalue weighted by molar-refractivity contribution is -0.234. The summed E-state index contributed by atoms with van der Waals surface area (Å²) in [6.45, 7) is 0. The van der Waals surface area contributed by atoms with E-state index in [1.54, 1.807) is 0 Å².